The van der Waals surface area contributed by atoms with E-state index in [9.17, 15) is 15.2 Å². The lowest BCUT2D eigenvalue weighted by Crippen LogP contribution is -2.51. The molecule has 118 valence electrons. The Morgan fingerprint density at radius 3 is 2.43 bits per heavy atom. The van der Waals surface area contributed by atoms with Crippen molar-refractivity contribution in [1.29, 1.82) is 0 Å². The number of anilines is 1. The Kier molecular flexibility index (Phi) is 5.17. The number of hydrogen-bond donors (Lipinski definition) is 2. The first kappa shape index (κ1) is 17.2. The number of nitrogens with one attached hydrogen (secondary N) is 1. The lowest BCUT2D eigenvalue weighted by molar-refractivity contribution is -0.385. The molecular formula is C15H24N2O4. The quantitative estimate of drug-likeness (QED) is 0.595. The van der Waals surface area contributed by atoms with Crippen LogP contribution in [0.4, 0.5) is 11.4 Å². The third-order valence-electron chi connectivity index (χ3n) is 3.62. The highest BCUT2D eigenvalue weighted by Crippen LogP contribution is 2.37. The molecule has 0 unspecified atom stereocenters. The molecule has 1 aromatic rings. The molecule has 6 nitrogen and oxygen atoms in total. The van der Waals surface area contributed by atoms with Gasteiger partial charge in [-0.25, -0.2) is 0 Å². The number of nitrogens with zero attached hydrogens (tertiary/aromatic N) is 1. The van der Waals surface area contributed by atoms with Crippen molar-refractivity contribution >= 4 is 11.4 Å². The zero-order valence-electron chi connectivity index (χ0n) is 13.3. The molecule has 0 aliphatic rings. The Morgan fingerprint density at radius 2 is 1.95 bits per heavy atom. The molecule has 2 N–H and O–H groups in total. The second-order valence-electron chi connectivity index (χ2n) is 6.07. The topological polar surface area (TPSA) is 84.6 Å². The summed E-state index contributed by atoms with van der Waals surface area (Å²) in [6.45, 7) is 9.24. The van der Waals surface area contributed by atoms with E-state index >= 15 is 0 Å². The zero-order valence-corrected chi connectivity index (χ0v) is 13.3. The second-order valence-corrected chi connectivity index (χ2v) is 6.07. The monoisotopic (exact) mass is 296 g/mol. The first-order valence-corrected chi connectivity index (χ1v) is 7.01. The summed E-state index contributed by atoms with van der Waals surface area (Å²) in [4.78, 5) is 10.9. The fourth-order valence-corrected chi connectivity index (χ4v) is 1.63. The molecule has 0 bridgehead atoms. The zero-order chi connectivity index (χ0) is 16.3. The van der Waals surface area contributed by atoms with Crippen LogP contribution >= 0.6 is 0 Å². The molecule has 1 aromatic carbocycles. The molecule has 0 atom stereocenters. The van der Waals surface area contributed by atoms with Gasteiger partial charge in [0.1, 0.15) is 5.69 Å². The van der Waals surface area contributed by atoms with Crippen LogP contribution in [-0.4, -0.2) is 27.8 Å². The highest BCUT2D eigenvalue weighted by molar-refractivity contribution is 5.69. The molecular weight excluding hydrogens is 272 g/mol. The van der Waals surface area contributed by atoms with Gasteiger partial charge in [0.05, 0.1) is 22.7 Å². The molecule has 0 heterocycles. The number of rotatable bonds is 7. The maximum Gasteiger partial charge on any atom is 0.333 e. The fourth-order valence-electron chi connectivity index (χ4n) is 1.63. The summed E-state index contributed by atoms with van der Waals surface area (Å²) in [5.74, 6) is 0.235. The van der Waals surface area contributed by atoms with E-state index < -0.39 is 16.1 Å². The van der Waals surface area contributed by atoms with E-state index in [1.54, 1.807) is 45.9 Å². The van der Waals surface area contributed by atoms with E-state index in [2.05, 4.69) is 5.32 Å². The summed E-state index contributed by atoms with van der Waals surface area (Å²) < 4.78 is 5.44. The molecule has 0 aliphatic heterocycles. The summed E-state index contributed by atoms with van der Waals surface area (Å²) in [6.07, 6.45) is 0.768. The molecule has 0 aromatic heterocycles. The molecule has 0 aliphatic carbocycles. The molecule has 21 heavy (non-hydrogen) atoms. The van der Waals surface area contributed by atoms with Gasteiger partial charge in [-0.3, -0.25) is 10.1 Å². The normalized spacial score (nSPS) is 12.1. The van der Waals surface area contributed by atoms with E-state index in [1.807, 2.05) is 6.92 Å². The van der Waals surface area contributed by atoms with Crippen LogP contribution in [0.15, 0.2) is 18.2 Å². The number of aliphatic hydroxyl groups is 1. The van der Waals surface area contributed by atoms with Crippen LogP contribution in [-0.2, 0) is 0 Å². The molecule has 1 rings (SSSR count). The predicted octanol–water partition coefficient (Wildman–Crippen LogP) is 3.35. The molecule has 0 amide bonds. The van der Waals surface area contributed by atoms with Gasteiger partial charge >= 0.3 is 5.69 Å². The van der Waals surface area contributed by atoms with Crippen molar-refractivity contribution in [3.63, 3.8) is 0 Å². The fraction of sp³-hybridized carbons (Fsp3) is 0.600. The average molecular weight is 296 g/mol. The van der Waals surface area contributed by atoms with Crippen molar-refractivity contribution in [2.24, 2.45) is 0 Å². The largest absolute Gasteiger partial charge is 0.487 e. The highest BCUT2D eigenvalue weighted by Gasteiger charge is 2.37. The van der Waals surface area contributed by atoms with Crippen molar-refractivity contribution in [3.05, 3.63) is 28.3 Å². The van der Waals surface area contributed by atoms with E-state index in [1.165, 1.54) is 0 Å². The average Bonchev–Trinajstić information content (AvgIpc) is 2.34. The van der Waals surface area contributed by atoms with E-state index in [0.29, 0.717) is 12.3 Å². The number of para-hydroxylation sites is 1. The third-order valence-corrected chi connectivity index (χ3v) is 3.62. The van der Waals surface area contributed by atoms with Crippen molar-refractivity contribution < 1.29 is 14.8 Å². The van der Waals surface area contributed by atoms with Gasteiger partial charge in [0.15, 0.2) is 5.75 Å². The molecule has 0 saturated heterocycles. The number of ether oxygens (including phenoxy) is 1. The van der Waals surface area contributed by atoms with E-state index in [0.717, 1.165) is 6.42 Å². The van der Waals surface area contributed by atoms with Crippen LogP contribution in [0.1, 0.15) is 41.0 Å². The van der Waals surface area contributed by atoms with Crippen molar-refractivity contribution in [3.8, 4) is 5.75 Å². The maximum atomic E-state index is 11.4. The molecule has 0 radical (unpaired) electrons. The minimum atomic E-state index is -1.05. The first-order valence-electron chi connectivity index (χ1n) is 7.01. The summed E-state index contributed by atoms with van der Waals surface area (Å²) in [6, 6.07) is 4.89. The van der Waals surface area contributed by atoms with E-state index in [-0.39, 0.29) is 11.4 Å². The number of hydrogen-bond acceptors (Lipinski definition) is 5. The number of nitro groups is 1. The van der Waals surface area contributed by atoms with Crippen LogP contribution in [0, 0.1) is 10.1 Å². The van der Waals surface area contributed by atoms with Gasteiger partial charge in [-0.05, 0) is 46.2 Å². The Hall–Kier alpha value is -1.82. The highest BCUT2D eigenvalue weighted by atomic mass is 16.6. The SMILES string of the molecule is CCCOc1cccc(NC(C)(C)C(C)(C)O)c1[N+](=O)[O-]. The summed E-state index contributed by atoms with van der Waals surface area (Å²) >= 11 is 0. The lowest BCUT2D eigenvalue weighted by atomic mass is 9.85. The molecule has 0 fully saturated rings. The van der Waals surface area contributed by atoms with Crippen LogP contribution < -0.4 is 10.1 Å². The second kappa shape index (κ2) is 6.30. The van der Waals surface area contributed by atoms with Crippen molar-refractivity contribution in [2.45, 2.75) is 52.2 Å². The standard InChI is InChI=1S/C15H24N2O4/c1-6-10-21-12-9-7-8-11(13(12)17(19)20)16-14(2,3)15(4,5)18/h7-9,16,18H,6,10H2,1-5H3. The van der Waals surface area contributed by atoms with Gasteiger partial charge in [-0.2, -0.15) is 0 Å². The van der Waals surface area contributed by atoms with Crippen LogP contribution in [0.3, 0.4) is 0 Å². The van der Waals surface area contributed by atoms with Gasteiger partial charge in [-0.15, -0.1) is 0 Å². The van der Waals surface area contributed by atoms with Gasteiger partial charge in [-0.1, -0.05) is 13.0 Å². The lowest BCUT2D eigenvalue weighted by Gasteiger charge is -2.38. The number of benzene rings is 1. The smallest absolute Gasteiger partial charge is 0.333 e. The van der Waals surface area contributed by atoms with Crippen molar-refractivity contribution in [1.82, 2.24) is 0 Å². The summed E-state index contributed by atoms with van der Waals surface area (Å²) in [7, 11) is 0. The Balaban J connectivity index is 3.21. The first-order chi connectivity index (χ1) is 9.60. The summed E-state index contributed by atoms with van der Waals surface area (Å²) in [5, 5.41) is 24.6. The van der Waals surface area contributed by atoms with Gasteiger partial charge in [0.25, 0.3) is 0 Å². The van der Waals surface area contributed by atoms with E-state index in [4.69, 9.17) is 4.74 Å². The molecule has 0 saturated carbocycles. The van der Waals surface area contributed by atoms with Gasteiger partial charge in [0.2, 0.25) is 0 Å². The van der Waals surface area contributed by atoms with Crippen molar-refractivity contribution in [2.75, 3.05) is 11.9 Å². The Bertz CT molecular complexity index is 507. The third kappa shape index (κ3) is 4.07. The van der Waals surface area contributed by atoms with Crippen LogP contribution in [0.5, 0.6) is 5.75 Å². The number of nitro benzene ring substituents is 1. The van der Waals surface area contributed by atoms with Crippen LogP contribution in [0.2, 0.25) is 0 Å². The van der Waals surface area contributed by atoms with Gasteiger partial charge < -0.3 is 15.2 Å². The summed E-state index contributed by atoms with van der Waals surface area (Å²) in [5.41, 5.74) is -1.58. The minimum Gasteiger partial charge on any atom is -0.487 e. The van der Waals surface area contributed by atoms with Crippen LogP contribution in [0.25, 0.3) is 0 Å². The molecule has 0 spiro atoms. The maximum absolute atomic E-state index is 11.4. The Morgan fingerprint density at radius 1 is 1.33 bits per heavy atom. The van der Waals surface area contributed by atoms with Gasteiger partial charge in [0, 0.05) is 0 Å². The minimum absolute atomic E-state index is 0.108. The predicted molar refractivity (Wildman–Crippen MR) is 82.9 cm³/mol. The molecule has 6 heteroatoms. The Labute approximate surface area is 125 Å².